The van der Waals surface area contributed by atoms with Gasteiger partial charge in [0.05, 0.1) is 11.0 Å². The largest absolute Gasteiger partial charge is 0.451 e. The number of ether oxygens (including phenoxy) is 1. The lowest BCUT2D eigenvalue weighted by Gasteiger charge is -2.13. The molecule has 1 unspecified atom stereocenters. The van der Waals surface area contributed by atoms with Gasteiger partial charge in [0.15, 0.2) is 6.10 Å². The van der Waals surface area contributed by atoms with Gasteiger partial charge in [-0.05, 0) is 36.6 Å². The van der Waals surface area contributed by atoms with Crippen LogP contribution < -0.4 is 0 Å². The number of nitrogens with zero attached hydrogens (tertiary/aromatic N) is 1. The quantitative estimate of drug-likeness (QED) is 0.542. The molecule has 1 heterocycles. The third-order valence-corrected chi connectivity index (χ3v) is 3.88. The highest BCUT2D eigenvalue weighted by molar-refractivity contribution is 5.87. The molecule has 1 aromatic heterocycles. The average Bonchev–Trinajstić information content (AvgIpc) is 3.02. The molecule has 0 aliphatic heterocycles. The summed E-state index contributed by atoms with van der Waals surface area (Å²) in [5.74, 6) is 0.264. The molecule has 3 rings (SSSR count). The molecule has 0 radical (unpaired) electrons. The van der Waals surface area contributed by atoms with Gasteiger partial charge in [-0.25, -0.2) is 9.78 Å². The molecule has 2 aromatic carbocycles. The smallest absolute Gasteiger partial charge is 0.333 e. The van der Waals surface area contributed by atoms with Crippen LogP contribution in [0.5, 0.6) is 0 Å². The number of hydrogen-bond donors (Lipinski definition) is 1. The lowest BCUT2D eigenvalue weighted by atomic mass is 10.1. The number of H-pyrrole nitrogens is 1. The summed E-state index contributed by atoms with van der Waals surface area (Å²) >= 11 is 0. The summed E-state index contributed by atoms with van der Waals surface area (Å²) in [5.41, 5.74) is 4.43. The van der Waals surface area contributed by atoms with Gasteiger partial charge in [-0.1, -0.05) is 49.9 Å². The summed E-state index contributed by atoms with van der Waals surface area (Å²) < 4.78 is 5.46. The molecule has 0 fully saturated rings. The fourth-order valence-electron chi connectivity index (χ4n) is 2.55. The van der Waals surface area contributed by atoms with Crippen LogP contribution in [0.25, 0.3) is 22.2 Å². The summed E-state index contributed by atoms with van der Waals surface area (Å²) in [4.78, 5) is 19.6. The van der Waals surface area contributed by atoms with Crippen LogP contribution >= 0.6 is 0 Å². The Balaban J connectivity index is 1.93. The first-order chi connectivity index (χ1) is 11.6. The van der Waals surface area contributed by atoms with Gasteiger partial charge >= 0.3 is 5.97 Å². The Morgan fingerprint density at radius 3 is 2.62 bits per heavy atom. The van der Waals surface area contributed by atoms with E-state index in [-0.39, 0.29) is 0 Å². The van der Waals surface area contributed by atoms with Crippen molar-refractivity contribution >= 4 is 17.0 Å². The summed E-state index contributed by atoms with van der Waals surface area (Å²) in [5, 5.41) is 0. The van der Waals surface area contributed by atoms with Crippen molar-refractivity contribution in [3.8, 4) is 11.1 Å². The molecule has 4 heteroatoms. The van der Waals surface area contributed by atoms with Gasteiger partial charge in [-0.3, -0.25) is 0 Å². The highest BCUT2D eigenvalue weighted by Crippen LogP contribution is 2.26. The monoisotopic (exact) mass is 320 g/mol. The number of carbonyl (C=O) groups excluding carboxylic acids is 1. The van der Waals surface area contributed by atoms with Gasteiger partial charge in [-0.15, -0.1) is 0 Å². The Hall–Kier alpha value is -2.88. The van der Waals surface area contributed by atoms with E-state index in [9.17, 15) is 4.79 Å². The maximum Gasteiger partial charge on any atom is 0.333 e. The molecule has 0 aliphatic rings. The number of carbonyl (C=O) groups is 1. The number of esters is 1. The van der Waals surface area contributed by atoms with E-state index < -0.39 is 12.1 Å². The number of imidazole rings is 1. The molecule has 1 N–H and O–H groups in total. The lowest BCUT2D eigenvalue weighted by molar-refractivity contribution is -0.145. The topological polar surface area (TPSA) is 55.0 Å². The number of nitrogens with one attached hydrogen (secondary N) is 1. The number of benzene rings is 2. The van der Waals surface area contributed by atoms with Gasteiger partial charge in [0, 0.05) is 5.57 Å². The molecule has 0 aliphatic carbocycles. The molecule has 0 saturated carbocycles. The van der Waals surface area contributed by atoms with E-state index in [2.05, 4.69) is 34.7 Å². The molecule has 3 aromatic rings. The molecule has 0 bridgehead atoms. The lowest BCUT2D eigenvalue weighted by Crippen LogP contribution is -2.12. The van der Waals surface area contributed by atoms with E-state index in [0.717, 1.165) is 22.2 Å². The van der Waals surface area contributed by atoms with Crippen LogP contribution in [0.1, 0.15) is 32.2 Å². The Kier molecular flexibility index (Phi) is 4.47. The predicted octanol–water partition coefficient (Wildman–Crippen LogP) is 4.80. The third-order valence-electron chi connectivity index (χ3n) is 3.88. The van der Waals surface area contributed by atoms with E-state index in [4.69, 9.17) is 4.74 Å². The zero-order chi connectivity index (χ0) is 17.1. The van der Waals surface area contributed by atoms with Crippen molar-refractivity contribution in [2.45, 2.75) is 26.4 Å². The molecule has 0 saturated heterocycles. The zero-order valence-electron chi connectivity index (χ0n) is 13.9. The second-order valence-electron chi connectivity index (χ2n) is 5.80. The minimum absolute atomic E-state index is 0.385. The second-order valence-corrected chi connectivity index (χ2v) is 5.80. The van der Waals surface area contributed by atoms with Crippen molar-refractivity contribution in [3.05, 3.63) is 66.5 Å². The van der Waals surface area contributed by atoms with Gasteiger partial charge in [-0.2, -0.15) is 0 Å². The molecule has 0 amide bonds. The van der Waals surface area contributed by atoms with E-state index in [1.807, 2.05) is 37.3 Å². The number of aromatic nitrogens is 2. The molecule has 24 heavy (non-hydrogen) atoms. The highest BCUT2D eigenvalue weighted by Gasteiger charge is 2.19. The first-order valence-corrected chi connectivity index (χ1v) is 8.00. The fourth-order valence-corrected chi connectivity index (χ4v) is 2.55. The van der Waals surface area contributed by atoms with E-state index in [1.54, 1.807) is 6.92 Å². The van der Waals surface area contributed by atoms with Gasteiger partial charge in [0.1, 0.15) is 5.82 Å². The van der Waals surface area contributed by atoms with Crippen LogP contribution in [0.15, 0.2) is 60.7 Å². The van der Waals surface area contributed by atoms with Crippen LogP contribution in [0, 0.1) is 0 Å². The predicted molar refractivity (Wildman–Crippen MR) is 95.5 cm³/mol. The Morgan fingerprint density at radius 1 is 1.21 bits per heavy atom. The van der Waals surface area contributed by atoms with Crippen LogP contribution in [0.4, 0.5) is 0 Å². The molecular weight excluding hydrogens is 300 g/mol. The first-order valence-electron chi connectivity index (χ1n) is 8.00. The Bertz CT molecular complexity index is 881. The standard InChI is InChI=1S/C20H20N2O2/c1-4-18(24-20(23)13(2)3)19-21-16-11-10-15(12-17(16)22-19)14-8-6-5-7-9-14/h5-12,18H,2,4H2,1,3H3,(H,21,22). The van der Waals surface area contributed by atoms with Gasteiger partial charge in [0.2, 0.25) is 0 Å². The molecule has 0 spiro atoms. The second kappa shape index (κ2) is 6.71. The Labute approximate surface area is 141 Å². The summed E-state index contributed by atoms with van der Waals surface area (Å²) in [7, 11) is 0. The van der Waals surface area contributed by atoms with Crippen LogP contribution in [0.3, 0.4) is 0 Å². The zero-order valence-corrected chi connectivity index (χ0v) is 13.9. The highest BCUT2D eigenvalue weighted by atomic mass is 16.5. The SMILES string of the molecule is C=C(C)C(=O)OC(CC)c1nc2ccc(-c3ccccc3)cc2[nH]1. The van der Waals surface area contributed by atoms with Crippen molar-refractivity contribution in [3.63, 3.8) is 0 Å². The molecule has 122 valence electrons. The van der Waals surface area contributed by atoms with Crippen molar-refractivity contribution in [2.24, 2.45) is 0 Å². The van der Waals surface area contributed by atoms with Crippen molar-refractivity contribution < 1.29 is 9.53 Å². The minimum Gasteiger partial charge on any atom is -0.451 e. The van der Waals surface area contributed by atoms with Gasteiger partial charge < -0.3 is 9.72 Å². The van der Waals surface area contributed by atoms with Crippen LogP contribution in [-0.4, -0.2) is 15.9 Å². The van der Waals surface area contributed by atoms with Crippen molar-refractivity contribution in [2.75, 3.05) is 0 Å². The minimum atomic E-state index is -0.401. The van der Waals surface area contributed by atoms with Crippen molar-refractivity contribution in [1.29, 1.82) is 0 Å². The number of rotatable bonds is 5. The maximum atomic E-state index is 11.8. The summed E-state index contributed by atoms with van der Waals surface area (Å²) in [6.45, 7) is 7.21. The summed E-state index contributed by atoms with van der Waals surface area (Å²) in [6, 6.07) is 16.3. The average molecular weight is 320 g/mol. The maximum absolute atomic E-state index is 11.8. The normalized spacial score (nSPS) is 12.1. The van der Waals surface area contributed by atoms with Crippen LogP contribution in [-0.2, 0) is 9.53 Å². The van der Waals surface area contributed by atoms with Gasteiger partial charge in [0.25, 0.3) is 0 Å². The number of aromatic amines is 1. The van der Waals surface area contributed by atoms with E-state index in [1.165, 1.54) is 0 Å². The fraction of sp³-hybridized carbons (Fsp3) is 0.200. The van der Waals surface area contributed by atoms with Crippen molar-refractivity contribution in [1.82, 2.24) is 9.97 Å². The van der Waals surface area contributed by atoms with Crippen LogP contribution in [0.2, 0.25) is 0 Å². The third kappa shape index (κ3) is 3.23. The number of hydrogen-bond acceptors (Lipinski definition) is 3. The first kappa shape index (κ1) is 16.0. The van der Waals surface area contributed by atoms with E-state index >= 15 is 0 Å². The molecule has 1 atom stereocenters. The summed E-state index contributed by atoms with van der Waals surface area (Å²) in [6.07, 6.45) is 0.242. The number of fused-ring (bicyclic) bond motifs is 1. The molecular formula is C20H20N2O2. The van der Waals surface area contributed by atoms with E-state index in [0.29, 0.717) is 17.8 Å². The molecule has 4 nitrogen and oxygen atoms in total. The Morgan fingerprint density at radius 2 is 1.96 bits per heavy atom.